The molecule has 3 fully saturated rings. The number of hydrogen-bond acceptors (Lipinski definition) is 11. The van der Waals surface area contributed by atoms with Crippen molar-refractivity contribution >= 4 is 52.5 Å². The summed E-state index contributed by atoms with van der Waals surface area (Å²) in [6.07, 6.45) is 1.65. The molecule has 4 aliphatic rings. The maximum Gasteiger partial charge on any atom is 0.433 e. The molecule has 0 aliphatic carbocycles. The zero-order chi connectivity index (χ0) is 44.1. The molecule has 7 heterocycles. The van der Waals surface area contributed by atoms with Crippen molar-refractivity contribution in [3.63, 3.8) is 0 Å². The van der Waals surface area contributed by atoms with E-state index in [0.717, 1.165) is 60.9 Å². The Kier molecular flexibility index (Phi) is 11.4. The number of carbonyl (C=O) groups is 6. The van der Waals surface area contributed by atoms with Crippen LogP contribution in [0.2, 0.25) is 0 Å². The van der Waals surface area contributed by atoms with Gasteiger partial charge in [0, 0.05) is 68.6 Å². The zero-order valence-electron chi connectivity index (χ0n) is 34.2. The lowest BCUT2D eigenvalue weighted by Crippen LogP contribution is -2.54. The van der Waals surface area contributed by atoms with Crippen LogP contribution in [0.1, 0.15) is 106 Å². The van der Waals surface area contributed by atoms with Gasteiger partial charge in [-0.15, -0.1) is 0 Å². The smallest absolute Gasteiger partial charge is 0.386 e. The third-order valence-electron chi connectivity index (χ3n) is 12.1. The molecular formula is C43H46F3N9O7. The van der Waals surface area contributed by atoms with E-state index in [1.165, 1.54) is 6.07 Å². The summed E-state index contributed by atoms with van der Waals surface area (Å²) in [5.74, 6) is -2.83. The number of anilines is 2. The number of piperazine rings is 1. The van der Waals surface area contributed by atoms with Crippen molar-refractivity contribution in [3.05, 3.63) is 88.6 Å². The van der Waals surface area contributed by atoms with Crippen molar-refractivity contribution in [1.82, 2.24) is 34.4 Å². The van der Waals surface area contributed by atoms with Crippen LogP contribution >= 0.6 is 0 Å². The number of piperidine rings is 2. The van der Waals surface area contributed by atoms with Gasteiger partial charge >= 0.3 is 6.18 Å². The molecule has 16 nitrogen and oxygen atoms in total. The van der Waals surface area contributed by atoms with Gasteiger partial charge in [-0.2, -0.15) is 13.2 Å². The molecule has 1 aromatic carbocycles. The van der Waals surface area contributed by atoms with E-state index in [2.05, 4.69) is 25.4 Å². The normalized spacial score (nSPS) is 19.3. The Bertz CT molecular complexity index is 2470. The fourth-order valence-electron chi connectivity index (χ4n) is 8.70. The summed E-state index contributed by atoms with van der Waals surface area (Å²) in [5, 5.41) is 15.8. The predicted molar refractivity (Wildman–Crippen MR) is 217 cm³/mol. The van der Waals surface area contributed by atoms with E-state index < -0.39 is 58.7 Å². The van der Waals surface area contributed by atoms with E-state index >= 15 is 0 Å². The van der Waals surface area contributed by atoms with Gasteiger partial charge in [0.25, 0.3) is 17.7 Å². The number of nitrogens with one attached hydrogen (secondary N) is 2. The van der Waals surface area contributed by atoms with Crippen LogP contribution in [0.3, 0.4) is 0 Å². The van der Waals surface area contributed by atoms with Crippen LogP contribution in [0.5, 0.6) is 0 Å². The van der Waals surface area contributed by atoms with E-state index in [-0.39, 0.29) is 41.5 Å². The van der Waals surface area contributed by atoms with Gasteiger partial charge in [-0.05, 0) is 95.6 Å². The lowest BCUT2D eigenvalue weighted by atomic mass is 9.94. The summed E-state index contributed by atoms with van der Waals surface area (Å²) in [4.78, 5) is 92.2. The molecule has 1 atom stereocenters. The molecule has 4 aliphatic heterocycles. The topological polar surface area (TPSA) is 190 Å². The molecule has 62 heavy (non-hydrogen) atoms. The second-order valence-corrected chi connectivity index (χ2v) is 16.7. The van der Waals surface area contributed by atoms with Crippen LogP contribution in [0, 0.1) is 0 Å². The summed E-state index contributed by atoms with van der Waals surface area (Å²) >= 11 is 0. The Labute approximate surface area is 354 Å². The van der Waals surface area contributed by atoms with Crippen LogP contribution in [0.25, 0.3) is 5.65 Å². The minimum atomic E-state index is -4.71. The summed E-state index contributed by atoms with van der Waals surface area (Å²) < 4.78 is 41.5. The highest BCUT2D eigenvalue weighted by atomic mass is 19.4. The van der Waals surface area contributed by atoms with Gasteiger partial charge in [0.15, 0.2) is 0 Å². The lowest BCUT2D eigenvalue weighted by molar-refractivity contribution is -0.141. The number of pyridine rings is 2. The number of fused-ring (bicyclic) bond motifs is 2. The Hall–Kier alpha value is -6.21. The van der Waals surface area contributed by atoms with E-state index in [0.29, 0.717) is 50.2 Å². The average Bonchev–Trinajstić information content (AvgIpc) is 3.77. The van der Waals surface area contributed by atoms with Crippen LogP contribution < -0.4 is 15.5 Å². The molecule has 19 heteroatoms. The first-order valence-electron chi connectivity index (χ1n) is 20.7. The molecule has 0 saturated carbocycles. The van der Waals surface area contributed by atoms with Crippen LogP contribution in [-0.4, -0.2) is 121 Å². The maximum atomic E-state index is 13.3. The molecule has 3 N–H and O–H groups in total. The molecule has 0 bridgehead atoms. The minimum absolute atomic E-state index is 0.0474. The molecule has 3 saturated heterocycles. The number of rotatable bonds is 10. The molecular weight excluding hydrogens is 812 g/mol. The number of alkyl halides is 3. The number of halogens is 3. The summed E-state index contributed by atoms with van der Waals surface area (Å²) in [6.45, 7) is 7.58. The van der Waals surface area contributed by atoms with Crippen LogP contribution in [0.15, 0.2) is 54.9 Å². The average molecular weight is 858 g/mol. The second-order valence-electron chi connectivity index (χ2n) is 16.7. The number of carbonyl (C=O) groups excluding carboxylic acids is 6. The summed E-state index contributed by atoms with van der Waals surface area (Å²) in [6, 6.07) is 8.74. The standard InChI is InChI=1S/C43H46F3N9O7/c1-42(2,62)29-22-35-48-31(23-54(35)24-32(29)49-38(58)30-5-3-6-34(47-30)43(44,45)46)25-12-15-51(16-13-25)14-4-7-37(57)53-19-17-52(18-20-53)26-8-9-27-28(21-26)41(61)55(40(27)60)33-10-11-36(56)50-39(33)59/h3,5-6,8-9,21-25,33,62H,4,7,10-20H2,1-2H3,(H,49,58)(H,50,56,59). The number of aromatic nitrogens is 3. The quantitative estimate of drug-likeness (QED) is 0.196. The maximum absolute atomic E-state index is 13.3. The molecule has 3 aromatic heterocycles. The van der Waals surface area contributed by atoms with E-state index in [9.17, 15) is 47.0 Å². The highest BCUT2D eigenvalue weighted by molar-refractivity contribution is 6.23. The first kappa shape index (κ1) is 42.5. The SMILES string of the molecule is CC(C)(O)c1cc2nc(C3CCN(CCCC(=O)N4CCN(c5ccc6c(c5)C(=O)N(C5CCC(=O)NC5=O)C6=O)CC4)CC3)cn2cc1NC(=O)c1cccc(C(F)(F)F)n1. The molecule has 0 radical (unpaired) electrons. The van der Waals surface area contributed by atoms with Crippen molar-refractivity contribution in [2.45, 2.75) is 76.1 Å². The Morgan fingerprint density at radius 1 is 0.887 bits per heavy atom. The van der Waals surface area contributed by atoms with Crippen LogP contribution in [0.4, 0.5) is 24.5 Å². The monoisotopic (exact) mass is 857 g/mol. The van der Waals surface area contributed by atoms with E-state index in [1.54, 1.807) is 48.7 Å². The predicted octanol–water partition coefficient (Wildman–Crippen LogP) is 3.94. The fourth-order valence-corrected chi connectivity index (χ4v) is 8.70. The number of imidazole rings is 1. The van der Waals surface area contributed by atoms with Gasteiger partial charge in [0.05, 0.1) is 28.1 Å². The van der Waals surface area contributed by atoms with Crippen LogP contribution in [-0.2, 0) is 26.2 Å². The van der Waals surface area contributed by atoms with Crippen molar-refractivity contribution in [3.8, 4) is 0 Å². The van der Waals surface area contributed by atoms with Gasteiger partial charge in [-0.25, -0.2) is 9.97 Å². The first-order valence-corrected chi connectivity index (χ1v) is 20.7. The van der Waals surface area contributed by atoms with Crippen molar-refractivity contribution < 1.29 is 47.0 Å². The fraction of sp³-hybridized carbons (Fsp3) is 0.442. The number of benzene rings is 1. The third kappa shape index (κ3) is 8.63. The van der Waals surface area contributed by atoms with E-state index in [1.807, 2.05) is 11.1 Å². The second kappa shape index (κ2) is 16.6. The summed E-state index contributed by atoms with van der Waals surface area (Å²) in [7, 11) is 0. The first-order chi connectivity index (χ1) is 29.4. The third-order valence-corrected chi connectivity index (χ3v) is 12.1. The Balaban J connectivity index is 0.807. The van der Waals surface area contributed by atoms with Crippen molar-refractivity contribution in [2.75, 3.05) is 56.0 Å². The molecule has 8 rings (SSSR count). The summed E-state index contributed by atoms with van der Waals surface area (Å²) in [5.41, 5.74) is 0.106. The number of imide groups is 2. The number of aliphatic hydroxyl groups is 1. The highest BCUT2D eigenvalue weighted by Crippen LogP contribution is 2.34. The molecule has 1 unspecified atom stereocenters. The molecule has 0 spiro atoms. The number of amides is 6. The van der Waals surface area contributed by atoms with Gasteiger partial charge in [0.2, 0.25) is 17.7 Å². The lowest BCUT2D eigenvalue weighted by Gasteiger charge is -2.36. The molecule has 326 valence electrons. The van der Waals surface area contributed by atoms with Crippen molar-refractivity contribution in [2.24, 2.45) is 0 Å². The van der Waals surface area contributed by atoms with Gasteiger partial charge in [-0.1, -0.05) is 6.07 Å². The largest absolute Gasteiger partial charge is 0.433 e. The number of hydrogen-bond donors (Lipinski definition) is 3. The number of likely N-dealkylation sites (tertiary alicyclic amines) is 1. The van der Waals surface area contributed by atoms with E-state index in [4.69, 9.17) is 4.98 Å². The van der Waals surface area contributed by atoms with Gasteiger partial charge < -0.3 is 29.5 Å². The number of nitrogens with zero attached hydrogens (tertiary/aromatic N) is 7. The van der Waals surface area contributed by atoms with Crippen molar-refractivity contribution in [1.29, 1.82) is 0 Å². The van der Waals surface area contributed by atoms with Gasteiger partial charge in [-0.3, -0.25) is 39.0 Å². The highest BCUT2D eigenvalue weighted by Gasteiger charge is 2.45. The zero-order valence-corrected chi connectivity index (χ0v) is 34.2. The Morgan fingerprint density at radius 3 is 2.31 bits per heavy atom. The van der Waals surface area contributed by atoms with Gasteiger partial charge in [0.1, 0.15) is 23.1 Å². The molecule has 6 amide bonds. The molecule has 4 aromatic rings. The Morgan fingerprint density at radius 2 is 1.61 bits per heavy atom. The minimum Gasteiger partial charge on any atom is -0.386 e.